The lowest BCUT2D eigenvalue weighted by molar-refractivity contribution is -0.121. The fourth-order valence-electron chi connectivity index (χ4n) is 1.67. The topological polar surface area (TPSA) is 88.4 Å². The summed E-state index contributed by atoms with van der Waals surface area (Å²) in [5.74, 6) is -1.54. The molecule has 2 N–H and O–H groups in total. The van der Waals surface area contributed by atoms with Crippen molar-refractivity contribution in [3.8, 4) is 0 Å². The average molecular weight is 250 g/mol. The van der Waals surface area contributed by atoms with Gasteiger partial charge in [-0.15, -0.1) is 0 Å². The van der Waals surface area contributed by atoms with Gasteiger partial charge in [0, 0.05) is 11.7 Å². The predicted molar refractivity (Wildman–Crippen MR) is 63.6 cm³/mol. The predicted octanol–water partition coefficient (Wildman–Crippen LogP) is 0.134. The molecule has 1 aromatic rings. The largest absolute Gasteiger partial charge is 0.477 e. The van der Waals surface area contributed by atoms with Crippen LogP contribution in [0.25, 0.3) is 0 Å². The number of carboxylic acid groups (broad SMARTS) is 1. The third kappa shape index (κ3) is 2.58. The number of carbonyl (C=O) groups excluding carboxylic acids is 1. The van der Waals surface area contributed by atoms with Gasteiger partial charge in [-0.1, -0.05) is 0 Å². The molecule has 0 aliphatic heterocycles. The zero-order chi connectivity index (χ0) is 13.3. The number of hydrogen-bond donors (Lipinski definition) is 2. The maximum absolute atomic E-state index is 11.9. The third-order valence-electron chi connectivity index (χ3n) is 2.87. The van der Waals surface area contributed by atoms with Crippen LogP contribution in [-0.2, 0) is 11.3 Å². The number of nitrogens with zero attached hydrogens (tertiary/aromatic N) is 1. The van der Waals surface area contributed by atoms with Crippen molar-refractivity contribution in [2.45, 2.75) is 32.4 Å². The maximum atomic E-state index is 11.9. The summed E-state index contributed by atoms with van der Waals surface area (Å²) in [7, 11) is 0. The van der Waals surface area contributed by atoms with Gasteiger partial charge in [-0.2, -0.15) is 0 Å². The van der Waals surface area contributed by atoms with Gasteiger partial charge in [-0.25, -0.2) is 4.79 Å². The summed E-state index contributed by atoms with van der Waals surface area (Å²) in [6.45, 7) is 1.53. The lowest BCUT2D eigenvalue weighted by Crippen LogP contribution is -2.36. The summed E-state index contributed by atoms with van der Waals surface area (Å²) in [5, 5.41) is 11.6. The van der Waals surface area contributed by atoms with Crippen LogP contribution in [0.4, 0.5) is 0 Å². The maximum Gasteiger partial charge on any atom is 0.341 e. The smallest absolute Gasteiger partial charge is 0.341 e. The minimum Gasteiger partial charge on any atom is -0.477 e. The molecule has 96 valence electrons. The molecule has 0 radical (unpaired) electrons. The van der Waals surface area contributed by atoms with Gasteiger partial charge in [0.2, 0.25) is 5.91 Å². The van der Waals surface area contributed by atoms with E-state index in [0.29, 0.717) is 5.69 Å². The molecule has 1 aliphatic carbocycles. The Morgan fingerprint density at radius 1 is 1.44 bits per heavy atom. The Bertz CT molecular complexity index is 558. The molecule has 1 heterocycles. The summed E-state index contributed by atoms with van der Waals surface area (Å²) in [6.07, 6.45) is 1.93. The van der Waals surface area contributed by atoms with E-state index in [4.69, 9.17) is 5.11 Å². The van der Waals surface area contributed by atoms with E-state index in [1.807, 2.05) is 0 Å². The van der Waals surface area contributed by atoms with Crippen LogP contribution in [0.15, 0.2) is 16.9 Å². The van der Waals surface area contributed by atoms with Crippen LogP contribution in [0.3, 0.4) is 0 Å². The highest BCUT2D eigenvalue weighted by Crippen LogP contribution is 2.18. The van der Waals surface area contributed by atoms with Crippen LogP contribution in [0.5, 0.6) is 0 Å². The number of aromatic nitrogens is 1. The molecule has 0 saturated heterocycles. The van der Waals surface area contributed by atoms with E-state index in [9.17, 15) is 14.4 Å². The zero-order valence-electron chi connectivity index (χ0n) is 9.97. The van der Waals surface area contributed by atoms with Crippen molar-refractivity contribution < 1.29 is 14.7 Å². The standard InChI is InChI=1S/C12H14N2O4/c1-7-2-5-9(12(17)18)11(16)14(7)6-10(15)13-8-3-4-8/h2,5,8H,3-4,6H2,1H3,(H,13,15)(H,17,18). The number of aryl methyl sites for hydroxylation is 1. The van der Waals surface area contributed by atoms with E-state index in [2.05, 4.69) is 5.32 Å². The van der Waals surface area contributed by atoms with Gasteiger partial charge in [0.05, 0.1) is 0 Å². The van der Waals surface area contributed by atoms with E-state index in [1.54, 1.807) is 6.92 Å². The monoisotopic (exact) mass is 250 g/mol. The molecule has 1 aliphatic rings. The van der Waals surface area contributed by atoms with E-state index in [-0.39, 0.29) is 24.1 Å². The van der Waals surface area contributed by atoms with Crippen LogP contribution < -0.4 is 10.9 Å². The highest BCUT2D eigenvalue weighted by atomic mass is 16.4. The van der Waals surface area contributed by atoms with Gasteiger partial charge in [0.1, 0.15) is 12.1 Å². The number of hydrogen-bond acceptors (Lipinski definition) is 3. The van der Waals surface area contributed by atoms with Gasteiger partial charge >= 0.3 is 5.97 Å². The van der Waals surface area contributed by atoms with Gasteiger partial charge in [0.15, 0.2) is 0 Å². The summed E-state index contributed by atoms with van der Waals surface area (Å²) in [5.41, 5.74) is -0.399. The molecule has 6 heteroatoms. The normalized spacial score (nSPS) is 14.3. The van der Waals surface area contributed by atoms with Crippen molar-refractivity contribution in [2.24, 2.45) is 0 Å². The molecule has 6 nitrogen and oxygen atoms in total. The Labute approximate surface area is 103 Å². The molecule has 2 rings (SSSR count). The van der Waals surface area contributed by atoms with E-state index in [0.717, 1.165) is 12.8 Å². The van der Waals surface area contributed by atoms with E-state index < -0.39 is 11.5 Å². The van der Waals surface area contributed by atoms with E-state index in [1.165, 1.54) is 16.7 Å². The number of carbonyl (C=O) groups is 2. The summed E-state index contributed by atoms with van der Waals surface area (Å²) in [4.78, 5) is 34.3. The second-order valence-electron chi connectivity index (χ2n) is 4.43. The quantitative estimate of drug-likeness (QED) is 0.795. The highest BCUT2D eigenvalue weighted by molar-refractivity contribution is 5.87. The summed E-state index contributed by atoms with van der Waals surface area (Å²) < 4.78 is 1.18. The molecule has 0 unspecified atom stereocenters. The Kier molecular flexibility index (Phi) is 3.18. The van der Waals surface area contributed by atoms with E-state index >= 15 is 0 Å². The molecular formula is C12H14N2O4. The molecule has 0 spiro atoms. The van der Waals surface area contributed by atoms with Gasteiger partial charge in [0.25, 0.3) is 5.56 Å². The molecule has 18 heavy (non-hydrogen) atoms. The van der Waals surface area contributed by atoms with Crippen molar-refractivity contribution in [2.75, 3.05) is 0 Å². The van der Waals surface area contributed by atoms with Crippen LogP contribution in [-0.4, -0.2) is 27.6 Å². The fourth-order valence-corrected chi connectivity index (χ4v) is 1.67. The zero-order valence-corrected chi connectivity index (χ0v) is 9.97. The summed E-state index contributed by atoms with van der Waals surface area (Å²) >= 11 is 0. The number of pyridine rings is 1. The SMILES string of the molecule is Cc1ccc(C(=O)O)c(=O)n1CC(=O)NC1CC1. The number of nitrogens with one attached hydrogen (secondary N) is 1. The van der Waals surface area contributed by atoms with Crippen molar-refractivity contribution >= 4 is 11.9 Å². The minimum absolute atomic E-state index is 0.137. The number of aromatic carboxylic acids is 1. The fraction of sp³-hybridized carbons (Fsp3) is 0.417. The van der Waals surface area contributed by atoms with Gasteiger partial charge < -0.3 is 15.0 Å². The molecule has 0 bridgehead atoms. The first kappa shape index (κ1) is 12.3. The minimum atomic E-state index is -1.28. The number of rotatable bonds is 4. The van der Waals surface area contributed by atoms with Crippen LogP contribution in [0, 0.1) is 6.92 Å². The molecule has 1 saturated carbocycles. The van der Waals surface area contributed by atoms with Crippen LogP contribution in [0.2, 0.25) is 0 Å². The highest BCUT2D eigenvalue weighted by Gasteiger charge is 2.23. The van der Waals surface area contributed by atoms with Crippen molar-refractivity contribution in [3.05, 3.63) is 33.7 Å². The van der Waals surface area contributed by atoms with Crippen molar-refractivity contribution in [3.63, 3.8) is 0 Å². The molecule has 0 atom stereocenters. The molecular weight excluding hydrogens is 236 g/mol. The van der Waals surface area contributed by atoms with Crippen molar-refractivity contribution in [1.29, 1.82) is 0 Å². The second kappa shape index (κ2) is 4.64. The Morgan fingerprint density at radius 2 is 2.11 bits per heavy atom. The first-order chi connectivity index (χ1) is 8.49. The second-order valence-corrected chi connectivity index (χ2v) is 4.43. The first-order valence-corrected chi connectivity index (χ1v) is 5.72. The Hall–Kier alpha value is -2.11. The van der Waals surface area contributed by atoms with Crippen LogP contribution >= 0.6 is 0 Å². The summed E-state index contributed by atoms with van der Waals surface area (Å²) in [6, 6.07) is 3.00. The molecule has 1 aromatic heterocycles. The average Bonchev–Trinajstić information content (AvgIpc) is 3.07. The van der Waals surface area contributed by atoms with Gasteiger partial charge in [-0.3, -0.25) is 9.59 Å². The third-order valence-corrected chi connectivity index (χ3v) is 2.87. The molecule has 1 fully saturated rings. The molecule has 0 aromatic carbocycles. The van der Waals surface area contributed by atoms with Crippen LogP contribution in [0.1, 0.15) is 28.9 Å². The first-order valence-electron chi connectivity index (χ1n) is 5.72. The Balaban J connectivity index is 2.25. The lowest BCUT2D eigenvalue weighted by atomic mass is 10.2. The van der Waals surface area contributed by atoms with Gasteiger partial charge in [-0.05, 0) is 31.9 Å². The number of amides is 1. The lowest BCUT2D eigenvalue weighted by Gasteiger charge is -2.10. The number of carboxylic acids is 1. The Morgan fingerprint density at radius 3 is 2.67 bits per heavy atom. The molecule has 1 amide bonds. The van der Waals surface area contributed by atoms with Crippen molar-refractivity contribution in [1.82, 2.24) is 9.88 Å².